The summed E-state index contributed by atoms with van der Waals surface area (Å²) in [6, 6.07) is 59.1. The van der Waals surface area contributed by atoms with Crippen molar-refractivity contribution >= 4 is 21.9 Å². The van der Waals surface area contributed by atoms with Crippen molar-refractivity contribution in [3.63, 3.8) is 0 Å². The average molecular weight is 640 g/mol. The molecule has 2 aromatic heterocycles. The molecule has 10 rings (SSSR count). The average Bonchev–Trinajstić information content (AvgIpc) is 3.74. The minimum atomic E-state index is -0.149. The van der Waals surface area contributed by atoms with Crippen molar-refractivity contribution in [1.82, 2.24) is 15.0 Å². The van der Waals surface area contributed by atoms with Crippen molar-refractivity contribution in [2.24, 2.45) is 0 Å². The smallest absolute Gasteiger partial charge is 0.164 e. The molecule has 0 spiro atoms. The number of aromatic nitrogens is 3. The molecule has 1 unspecified atom stereocenters. The van der Waals surface area contributed by atoms with Crippen LogP contribution in [0.1, 0.15) is 22.9 Å². The Kier molecular flexibility index (Phi) is 6.53. The summed E-state index contributed by atoms with van der Waals surface area (Å²) in [4.78, 5) is 15.7. The lowest BCUT2D eigenvalue weighted by Crippen LogP contribution is -2.09. The number of fused-ring (bicyclic) bond motifs is 6. The van der Waals surface area contributed by atoms with E-state index >= 15 is 0 Å². The fourth-order valence-electron chi connectivity index (χ4n) is 7.47. The van der Waals surface area contributed by atoms with Crippen LogP contribution in [0.4, 0.5) is 0 Å². The van der Waals surface area contributed by atoms with Gasteiger partial charge < -0.3 is 4.42 Å². The van der Waals surface area contributed by atoms with Gasteiger partial charge in [0.2, 0.25) is 0 Å². The van der Waals surface area contributed by atoms with E-state index in [1.165, 1.54) is 33.4 Å². The van der Waals surface area contributed by atoms with E-state index in [1.807, 2.05) is 36.4 Å². The lowest BCUT2D eigenvalue weighted by molar-refractivity contribution is 0.669. The van der Waals surface area contributed by atoms with Crippen LogP contribution in [0, 0.1) is 0 Å². The lowest BCUT2D eigenvalue weighted by Gasteiger charge is -2.16. The normalized spacial score (nSPS) is 13.4. The third-order valence-corrected chi connectivity index (χ3v) is 9.82. The summed E-state index contributed by atoms with van der Waals surface area (Å²) in [6.45, 7) is 0. The first-order valence-corrected chi connectivity index (χ1v) is 16.9. The topological polar surface area (TPSA) is 51.8 Å². The molecule has 2 heterocycles. The Labute approximate surface area is 289 Å². The molecule has 4 nitrogen and oxygen atoms in total. The molecule has 0 saturated heterocycles. The number of hydrogen-bond acceptors (Lipinski definition) is 4. The van der Waals surface area contributed by atoms with Crippen LogP contribution in [0.3, 0.4) is 0 Å². The fourth-order valence-corrected chi connectivity index (χ4v) is 7.47. The minimum absolute atomic E-state index is 0.149. The maximum absolute atomic E-state index is 6.49. The van der Waals surface area contributed by atoms with Gasteiger partial charge >= 0.3 is 0 Å². The van der Waals surface area contributed by atoms with Gasteiger partial charge in [0.25, 0.3) is 0 Å². The van der Waals surface area contributed by atoms with Crippen molar-refractivity contribution in [3.8, 4) is 56.2 Å². The van der Waals surface area contributed by atoms with Crippen molar-refractivity contribution in [2.45, 2.75) is 5.92 Å². The number of rotatable bonds is 5. The van der Waals surface area contributed by atoms with Gasteiger partial charge in [0.1, 0.15) is 17.0 Å². The third-order valence-electron chi connectivity index (χ3n) is 9.82. The molecule has 1 aliphatic carbocycles. The Morgan fingerprint density at radius 1 is 0.380 bits per heavy atom. The molecule has 1 atom stereocenters. The molecule has 0 amide bonds. The van der Waals surface area contributed by atoms with Crippen LogP contribution >= 0.6 is 0 Å². The van der Waals surface area contributed by atoms with Crippen LogP contribution in [0.5, 0.6) is 0 Å². The first kappa shape index (κ1) is 28.4. The fraction of sp³-hybridized carbons (Fsp3) is 0.0217. The SMILES string of the molecule is c1ccc(-c2ccc3c(c2)-c2ccccc2C3c2nc(-c3ccccc3)nc(-c3cccc4oc5cc(-c6ccccc6)ccc5c34)n2)cc1. The third kappa shape index (κ3) is 4.65. The number of furan rings is 1. The van der Waals surface area contributed by atoms with Crippen molar-refractivity contribution in [3.05, 3.63) is 187 Å². The Morgan fingerprint density at radius 2 is 0.980 bits per heavy atom. The Morgan fingerprint density at radius 3 is 1.74 bits per heavy atom. The molecule has 7 aromatic carbocycles. The Bertz CT molecular complexity index is 2700. The van der Waals surface area contributed by atoms with Gasteiger partial charge in [-0.15, -0.1) is 0 Å². The van der Waals surface area contributed by atoms with Crippen LogP contribution in [0.2, 0.25) is 0 Å². The van der Waals surface area contributed by atoms with Gasteiger partial charge in [0, 0.05) is 21.9 Å². The van der Waals surface area contributed by atoms with E-state index in [4.69, 9.17) is 19.4 Å². The van der Waals surface area contributed by atoms with Gasteiger partial charge in [-0.2, -0.15) is 0 Å². The second-order valence-corrected chi connectivity index (χ2v) is 12.8. The molecule has 0 saturated carbocycles. The quantitative estimate of drug-likeness (QED) is 0.188. The van der Waals surface area contributed by atoms with E-state index in [0.29, 0.717) is 11.6 Å². The molecule has 1 aliphatic rings. The zero-order chi connectivity index (χ0) is 33.0. The van der Waals surface area contributed by atoms with Crippen molar-refractivity contribution in [1.29, 1.82) is 0 Å². The van der Waals surface area contributed by atoms with E-state index in [-0.39, 0.29) is 5.92 Å². The van der Waals surface area contributed by atoms with Crippen LogP contribution < -0.4 is 0 Å². The van der Waals surface area contributed by atoms with Gasteiger partial charge in [-0.3, -0.25) is 0 Å². The Hall–Kier alpha value is -6.65. The highest BCUT2D eigenvalue weighted by atomic mass is 16.3. The monoisotopic (exact) mass is 639 g/mol. The van der Waals surface area contributed by atoms with Crippen LogP contribution in [0.15, 0.2) is 174 Å². The van der Waals surface area contributed by atoms with Crippen molar-refractivity contribution < 1.29 is 4.42 Å². The number of hydrogen-bond donors (Lipinski definition) is 0. The van der Waals surface area contributed by atoms with Crippen LogP contribution in [-0.2, 0) is 0 Å². The molecule has 234 valence electrons. The molecule has 4 heteroatoms. The number of nitrogens with zero attached hydrogens (tertiary/aromatic N) is 3. The molecule has 0 bridgehead atoms. The minimum Gasteiger partial charge on any atom is -0.456 e. The van der Waals surface area contributed by atoms with Gasteiger partial charge in [0.05, 0.1) is 5.92 Å². The van der Waals surface area contributed by atoms with Crippen LogP contribution in [-0.4, -0.2) is 15.0 Å². The first-order valence-electron chi connectivity index (χ1n) is 16.9. The first-order chi connectivity index (χ1) is 24.8. The molecular formula is C46H29N3O. The standard InChI is InChI=1S/C46H29N3O/c1-4-13-29(14-5-1)32-23-25-36-39(27-32)34-19-10-11-20-35(34)43(36)46-48-44(31-17-8-3-9-18-31)47-45(49-46)38-21-12-22-40-42(38)37-26-24-33(28-41(37)50-40)30-15-6-2-7-16-30/h1-28,43H. The molecule has 50 heavy (non-hydrogen) atoms. The zero-order valence-electron chi connectivity index (χ0n) is 27.0. The predicted octanol–water partition coefficient (Wildman–Crippen LogP) is 11.6. The summed E-state index contributed by atoms with van der Waals surface area (Å²) in [7, 11) is 0. The zero-order valence-corrected chi connectivity index (χ0v) is 27.0. The van der Waals surface area contributed by atoms with Crippen molar-refractivity contribution in [2.75, 3.05) is 0 Å². The van der Waals surface area contributed by atoms with Gasteiger partial charge in [-0.1, -0.05) is 146 Å². The van der Waals surface area contributed by atoms with Gasteiger partial charge in [-0.25, -0.2) is 15.0 Å². The summed E-state index contributed by atoms with van der Waals surface area (Å²) in [5, 5.41) is 2.03. The lowest BCUT2D eigenvalue weighted by atomic mass is 9.94. The van der Waals surface area contributed by atoms with E-state index in [9.17, 15) is 0 Å². The summed E-state index contributed by atoms with van der Waals surface area (Å²) >= 11 is 0. The van der Waals surface area contributed by atoms with E-state index in [1.54, 1.807) is 0 Å². The molecule has 0 radical (unpaired) electrons. The maximum atomic E-state index is 6.49. The summed E-state index contributed by atoms with van der Waals surface area (Å²) in [5.41, 5.74) is 13.0. The van der Waals surface area contributed by atoms with Gasteiger partial charge in [0.15, 0.2) is 11.6 Å². The highest BCUT2D eigenvalue weighted by Crippen LogP contribution is 2.49. The molecule has 0 aliphatic heterocycles. The molecular weight excluding hydrogens is 611 g/mol. The Balaban J connectivity index is 1.18. The largest absolute Gasteiger partial charge is 0.456 e. The summed E-state index contributed by atoms with van der Waals surface area (Å²) in [5.74, 6) is 1.85. The van der Waals surface area contributed by atoms with E-state index < -0.39 is 0 Å². The second kappa shape index (κ2) is 11.5. The second-order valence-electron chi connectivity index (χ2n) is 12.8. The molecule has 9 aromatic rings. The highest BCUT2D eigenvalue weighted by molar-refractivity contribution is 6.12. The van der Waals surface area contributed by atoms with E-state index in [0.717, 1.165) is 50.0 Å². The summed E-state index contributed by atoms with van der Waals surface area (Å²) in [6.07, 6.45) is 0. The van der Waals surface area contributed by atoms with Gasteiger partial charge in [-0.05, 0) is 68.8 Å². The highest BCUT2D eigenvalue weighted by Gasteiger charge is 2.33. The number of benzene rings is 7. The van der Waals surface area contributed by atoms with Crippen LogP contribution in [0.25, 0.3) is 78.1 Å². The summed E-state index contributed by atoms with van der Waals surface area (Å²) < 4.78 is 6.49. The van der Waals surface area contributed by atoms with E-state index in [2.05, 4.69) is 133 Å². The predicted molar refractivity (Wildman–Crippen MR) is 202 cm³/mol. The molecule has 0 N–H and O–H groups in total. The maximum Gasteiger partial charge on any atom is 0.164 e. The molecule has 0 fully saturated rings.